The van der Waals surface area contributed by atoms with E-state index >= 15 is 0 Å². The number of rotatable bonds is 4. The number of nitrogens with zero attached hydrogens (tertiary/aromatic N) is 4. The van der Waals surface area contributed by atoms with E-state index in [1.807, 2.05) is 6.92 Å². The molecule has 6 nitrogen and oxygen atoms in total. The van der Waals surface area contributed by atoms with Gasteiger partial charge in [0.15, 0.2) is 11.0 Å². The Labute approximate surface area is 112 Å². The number of halogens is 1. The SMILES string of the molecule is Cc1cc(SCC(=O)O)n(-c2ccc(Cl)nn2)n1. The summed E-state index contributed by atoms with van der Waals surface area (Å²) in [6, 6.07) is 5.07. The van der Waals surface area contributed by atoms with Crippen molar-refractivity contribution in [2.24, 2.45) is 0 Å². The first-order valence-electron chi connectivity index (χ1n) is 4.97. The van der Waals surface area contributed by atoms with Gasteiger partial charge in [0.25, 0.3) is 0 Å². The molecule has 0 fully saturated rings. The van der Waals surface area contributed by atoms with Crippen LogP contribution >= 0.6 is 23.4 Å². The van der Waals surface area contributed by atoms with Crippen molar-refractivity contribution in [3.8, 4) is 5.82 Å². The fourth-order valence-corrected chi connectivity index (χ4v) is 2.18. The van der Waals surface area contributed by atoms with Crippen LogP contribution in [0, 0.1) is 6.92 Å². The van der Waals surface area contributed by atoms with E-state index < -0.39 is 5.97 Å². The second-order valence-electron chi connectivity index (χ2n) is 3.43. The topological polar surface area (TPSA) is 80.9 Å². The third kappa shape index (κ3) is 2.99. The molecule has 2 aromatic rings. The number of carboxylic acid groups (broad SMARTS) is 1. The fraction of sp³-hybridized carbons (Fsp3) is 0.200. The minimum absolute atomic E-state index is 0.0356. The molecule has 0 radical (unpaired) electrons. The van der Waals surface area contributed by atoms with Crippen molar-refractivity contribution in [3.63, 3.8) is 0 Å². The van der Waals surface area contributed by atoms with E-state index in [9.17, 15) is 4.79 Å². The Kier molecular flexibility index (Phi) is 3.83. The summed E-state index contributed by atoms with van der Waals surface area (Å²) in [6.07, 6.45) is 0. The number of hydrogen-bond acceptors (Lipinski definition) is 5. The van der Waals surface area contributed by atoms with Crippen molar-refractivity contribution in [3.05, 3.63) is 29.0 Å². The summed E-state index contributed by atoms with van der Waals surface area (Å²) in [5.74, 6) is -0.417. The zero-order chi connectivity index (χ0) is 13.1. The number of carbonyl (C=O) groups is 1. The van der Waals surface area contributed by atoms with Gasteiger partial charge < -0.3 is 5.11 Å². The Morgan fingerprint density at radius 3 is 2.89 bits per heavy atom. The lowest BCUT2D eigenvalue weighted by atomic mass is 10.5. The Morgan fingerprint density at radius 2 is 2.28 bits per heavy atom. The molecular weight excluding hydrogens is 276 g/mol. The molecule has 0 saturated carbocycles. The number of aromatic nitrogens is 4. The first-order chi connectivity index (χ1) is 8.56. The fourth-order valence-electron chi connectivity index (χ4n) is 1.30. The second-order valence-corrected chi connectivity index (χ2v) is 4.82. The number of thioether (sulfide) groups is 1. The van der Waals surface area contributed by atoms with Gasteiger partial charge >= 0.3 is 5.97 Å². The standard InChI is InChI=1S/C10H9ClN4O2S/c1-6-4-9(18-5-10(16)17)15(14-6)8-3-2-7(11)12-13-8/h2-4H,5H2,1H3,(H,16,17). The lowest BCUT2D eigenvalue weighted by Crippen LogP contribution is -2.04. The zero-order valence-corrected chi connectivity index (χ0v) is 10.9. The van der Waals surface area contributed by atoms with Gasteiger partial charge in [0.1, 0.15) is 5.03 Å². The third-order valence-corrected chi connectivity index (χ3v) is 3.16. The van der Waals surface area contributed by atoms with Crippen LogP contribution in [-0.4, -0.2) is 36.8 Å². The molecule has 94 valence electrons. The molecule has 0 aliphatic heterocycles. The molecule has 18 heavy (non-hydrogen) atoms. The molecule has 0 amide bonds. The minimum atomic E-state index is -0.882. The maximum atomic E-state index is 10.6. The van der Waals surface area contributed by atoms with Crippen molar-refractivity contribution in [1.29, 1.82) is 0 Å². The van der Waals surface area contributed by atoms with Crippen LogP contribution < -0.4 is 0 Å². The average molecular weight is 285 g/mol. The van der Waals surface area contributed by atoms with Crippen molar-refractivity contribution in [1.82, 2.24) is 20.0 Å². The summed E-state index contributed by atoms with van der Waals surface area (Å²) in [6.45, 7) is 1.82. The maximum Gasteiger partial charge on any atom is 0.313 e. The van der Waals surface area contributed by atoms with Crippen LogP contribution in [0.3, 0.4) is 0 Å². The van der Waals surface area contributed by atoms with Crippen LogP contribution in [0.1, 0.15) is 5.69 Å². The van der Waals surface area contributed by atoms with Crippen molar-refractivity contribution in [2.45, 2.75) is 11.9 Å². The summed E-state index contributed by atoms with van der Waals surface area (Å²) >= 11 is 6.84. The highest BCUT2D eigenvalue weighted by molar-refractivity contribution is 7.99. The van der Waals surface area contributed by atoms with E-state index in [4.69, 9.17) is 16.7 Å². The van der Waals surface area contributed by atoms with Crippen molar-refractivity contribution < 1.29 is 9.90 Å². The number of aryl methyl sites for hydroxylation is 1. The summed E-state index contributed by atoms with van der Waals surface area (Å²) in [7, 11) is 0. The quantitative estimate of drug-likeness (QED) is 0.862. The molecule has 2 rings (SSSR count). The van der Waals surface area contributed by atoms with Crippen molar-refractivity contribution >= 4 is 29.3 Å². The van der Waals surface area contributed by atoms with Gasteiger partial charge in [-0.25, -0.2) is 4.68 Å². The van der Waals surface area contributed by atoms with Crippen LogP contribution in [0.15, 0.2) is 23.2 Å². The second kappa shape index (κ2) is 5.36. The highest BCUT2D eigenvalue weighted by Crippen LogP contribution is 2.22. The van der Waals surface area contributed by atoms with E-state index in [1.54, 1.807) is 22.9 Å². The smallest absolute Gasteiger partial charge is 0.313 e. The maximum absolute atomic E-state index is 10.6. The summed E-state index contributed by atoms with van der Waals surface area (Å²) in [5, 5.41) is 21.6. The molecule has 2 heterocycles. The van der Waals surface area contributed by atoms with Gasteiger partial charge in [-0.3, -0.25) is 4.79 Å². The van der Waals surface area contributed by atoms with Gasteiger partial charge in [0.2, 0.25) is 0 Å². The lowest BCUT2D eigenvalue weighted by Gasteiger charge is -2.03. The van der Waals surface area contributed by atoms with Crippen LogP contribution in [-0.2, 0) is 4.79 Å². The summed E-state index contributed by atoms with van der Waals surface area (Å²) < 4.78 is 1.55. The van der Waals surface area contributed by atoms with Crippen LogP contribution in [0.25, 0.3) is 5.82 Å². The number of hydrogen-bond donors (Lipinski definition) is 1. The largest absolute Gasteiger partial charge is 0.481 e. The van der Waals surface area contributed by atoms with E-state index in [-0.39, 0.29) is 5.75 Å². The molecule has 0 aliphatic rings. The first-order valence-corrected chi connectivity index (χ1v) is 6.33. The predicted molar refractivity (Wildman–Crippen MR) is 67.3 cm³/mol. The molecule has 0 atom stereocenters. The van der Waals surface area contributed by atoms with Gasteiger partial charge in [0.05, 0.1) is 11.4 Å². The lowest BCUT2D eigenvalue weighted by molar-refractivity contribution is -0.133. The molecule has 2 aromatic heterocycles. The molecule has 1 N–H and O–H groups in total. The molecule has 0 spiro atoms. The molecule has 0 saturated heterocycles. The Bertz CT molecular complexity index is 570. The number of aliphatic carboxylic acids is 1. The van der Waals surface area contributed by atoms with Crippen LogP contribution in [0.5, 0.6) is 0 Å². The van der Waals surface area contributed by atoms with E-state index in [0.29, 0.717) is 16.0 Å². The monoisotopic (exact) mass is 284 g/mol. The highest BCUT2D eigenvalue weighted by Gasteiger charge is 2.11. The minimum Gasteiger partial charge on any atom is -0.481 e. The first kappa shape index (κ1) is 12.8. The molecule has 8 heteroatoms. The predicted octanol–water partition coefficient (Wildman–Crippen LogP) is 1.80. The Morgan fingerprint density at radius 1 is 1.50 bits per heavy atom. The van der Waals surface area contributed by atoms with Gasteiger partial charge in [-0.05, 0) is 25.1 Å². The molecule has 0 bridgehead atoms. The van der Waals surface area contributed by atoms with E-state index in [2.05, 4.69) is 15.3 Å². The van der Waals surface area contributed by atoms with Gasteiger partial charge in [-0.1, -0.05) is 23.4 Å². The third-order valence-electron chi connectivity index (χ3n) is 1.98. The van der Waals surface area contributed by atoms with Crippen LogP contribution in [0.2, 0.25) is 5.15 Å². The molecule has 0 aliphatic carbocycles. The van der Waals surface area contributed by atoms with Crippen LogP contribution in [0.4, 0.5) is 0 Å². The van der Waals surface area contributed by atoms with Gasteiger partial charge in [0, 0.05) is 0 Å². The average Bonchev–Trinajstić information content (AvgIpc) is 2.69. The van der Waals surface area contributed by atoms with E-state index in [0.717, 1.165) is 5.69 Å². The molecule has 0 unspecified atom stereocenters. The summed E-state index contributed by atoms with van der Waals surface area (Å²) in [4.78, 5) is 10.6. The van der Waals surface area contributed by atoms with Crippen molar-refractivity contribution in [2.75, 3.05) is 5.75 Å². The number of carboxylic acids is 1. The Hall–Kier alpha value is -1.60. The van der Waals surface area contributed by atoms with Gasteiger partial charge in [-0.2, -0.15) is 5.10 Å². The summed E-state index contributed by atoms with van der Waals surface area (Å²) in [5.41, 5.74) is 0.777. The van der Waals surface area contributed by atoms with E-state index in [1.165, 1.54) is 11.8 Å². The highest BCUT2D eigenvalue weighted by atomic mass is 35.5. The zero-order valence-electron chi connectivity index (χ0n) is 9.37. The van der Waals surface area contributed by atoms with Gasteiger partial charge in [-0.15, -0.1) is 10.2 Å². The molecular formula is C10H9ClN4O2S. The Balaban J connectivity index is 2.31. The normalized spacial score (nSPS) is 10.6. The molecule has 0 aromatic carbocycles.